The maximum Gasteiger partial charge on any atom is 0.277 e. The Labute approximate surface area is 146 Å². The van der Waals surface area contributed by atoms with Crippen LogP contribution in [0.4, 0.5) is 5.69 Å². The van der Waals surface area contributed by atoms with Crippen LogP contribution >= 0.6 is 11.8 Å². The fraction of sp³-hybridized carbons (Fsp3) is 0.471. The van der Waals surface area contributed by atoms with Gasteiger partial charge in [-0.1, -0.05) is 37.7 Å². The highest BCUT2D eigenvalue weighted by molar-refractivity contribution is 7.99. The van der Waals surface area contributed by atoms with Crippen molar-refractivity contribution in [2.75, 3.05) is 11.1 Å². The smallest absolute Gasteiger partial charge is 0.277 e. The van der Waals surface area contributed by atoms with Gasteiger partial charge in [-0.3, -0.25) is 4.79 Å². The number of benzene rings is 1. The molecular formula is C17H24N4O2S. The molecule has 1 atom stereocenters. The molecule has 0 bridgehead atoms. The molecule has 0 aliphatic rings. The summed E-state index contributed by atoms with van der Waals surface area (Å²) in [6.45, 7) is 8.17. The molecule has 0 aliphatic carbocycles. The Morgan fingerprint density at radius 3 is 2.79 bits per heavy atom. The Kier molecular flexibility index (Phi) is 6.39. The van der Waals surface area contributed by atoms with E-state index in [1.807, 2.05) is 32.0 Å². The molecule has 0 saturated heterocycles. The van der Waals surface area contributed by atoms with Gasteiger partial charge in [-0.2, -0.15) is 0 Å². The highest BCUT2D eigenvalue weighted by atomic mass is 32.2. The van der Waals surface area contributed by atoms with E-state index in [9.17, 15) is 4.79 Å². The zero-order valence-electron chi connectivity index (χ0n) is 14.5. The first-order chi connectivity index (χ1) is 11.4. The van der Waals surface area contributed by atoms with Gasteiger partial charge in [0.2, 0.25) is 11.8 Å². The summed E-state index contributed by atoms with van der Waals surface area (Å²) < 4.78 is 5.53. The quantitative estimate of drug-likeness (QED) is 0.744. The number of nitrogens with one attached hydrogen (secondary N) is 1. The summed E-state index contributed by atoms with van der Waals surface area (Å²) in [6.07, 6.45) is 0.777. The molecule has 6 nitrogen and oxygen atoms in total. The van der Waals surface area contributed by atoms with E-state index >= 15 is 0 Å². The Morgan fingerprint density at radius 2 is 2.08 bits per heavy atom. The van der Waals surface area contributed by atoms with E-state index < -0.39 is 0 Å². The standard InChI is InChI=1S/C17H24N4O2S/c1-10(2)8-13(18)16-20-21-17(23-16)24-9-15(22)19-14-7-5-6-11(3)12(14)4/h5-7,10,13H,8-9,18H2,1-4H3,(H,19,22)/t13-/m0/s1. The van der Waals surface area contributed by atoms with Gasteiger partial charge in [0, 0.05) is 5.69 Å². The fourth-order valence-corrected chi connectivity index (χ4v) is 2.81. The lowest BCUT2D eigenvalue weighted by Gasteiger charge is -2.09. The number of amides is 1. The second-order valence-electron chi connectivity index (χ2n) is 6.23. The van der Waals surface area contributed by atoms with E-state index in [2.05, 4.69) is 29.4 Å². The number of aryl methyl sites for hydroxylation is 1. The number of carbonyl (C=O) groups excluding carboxylic acids is 1. The molecule has 1 amide bonds. The number of thioether (sulfide) groups is 1. The zero-order chi connectivity index (χ0) is 17.7. The van der Waals surface area contributed by atoms with Gasteiger partial charge >= 0.3 is 0 Å². The van der Waals surface area contributed by atoms with Crippen LogP contribution in [0, 0.1) is 19.8 Å². The van der Waals surface area contributed by atoms with Gasteiger partial charge in [-0.25, -0.2) is 0 Å². The van der Waals surface area contributed by atoms with Crippen LogP contribution < -0.4 is 11.1 Å². The van der Waals surface area contributed by atoms with Crippen molar-refractivity contribution in [1.29, 1.82) is 0 Å². The van der Waals surface area contributed by atoms with E-state index in [0.29, 0.717) is 17.0 Å². The van der Waals surface area contributed by atoms with Crippen LogP contribution in [-0.4, -0.2) is 21.9 Å². The van der Waals surface area contributed by atoms with E-state index in [-0.39, 0.29) is 17.7 Å². The predicted octanol–water partition coefficient (Wildman–Crippen LogP) is 3.46. The SMILES string of the molecule is Cc1cccc(NC(=O)CSc2nnc([C@@H](N)CC(C)C)o2)c1C. The molecule has 2 rings (SSSR count). The van der Waals surface area contributed by atoms with Gasteiger partial charge in [-0.15, -0.1) is 10.2 Å². The monoisotopic (exact) mass is 348 g/mol. The number of anilines is 1. The summed E-state index contributed by atoms with van der Waals surface area (Å²) in [5.74, 6) is 0.960. The average molecular weight is 348 g/mol. The first kappa shape index (κ1) is 18.5. The van der Waals surface area contributed by atoms with Crippen molar-refractivity contribution in [3.05, 3.63) is 35.2 Å². The molecule has 130 valence electrons. The Bertz CT molecular complexity index is 700. The van der Waals surface area contributed by atoms with Crippen molar-refractivity contribution in [2.45, 2.75) is 45.4 Å². The summed E-state index contributed by atoms with van der Waals surface area (Å²) >= 11 is 1.21. The third kappa shape index (κ3) is 5.07. The largest absolute Gasteiger partial charge is 0.414 e. The van der Waals surface area contributed by atoms with Gasteiger partial charge in [0.15, 0.2) is 0 Å². The van der Waals surface area contributed by atoms with Crippen LogP contribution in [0.3, 0.4) is 0 Å². The molecule has 0 spiro atoms. The summed E-state index contributed by atoms with van der Waals surface area (Å²) in [5, 5.41) is 11.2. The second kappa shape index (κ2) is 8.30. The summed E-state index contributed by atoms with van der Waals surface area (Å²) in [7, 11) is 0. The van der Waals surface area contributed by atoms with Gasteiger partial charge in [0.1, 0.15) is 0 Å². The van der Waals surface area contributed by atoms with Crippen LogP contribution in [0.1, 0.15) is 43.3 Å². The maximum atomic E-state index is 12.1. The van der Waals surface area contributed by atoms with Gasteiger partial charge in [0.25, 0.3) is 5.22 Å². The van der Waals surface area contributed by atoms with Crippen LogP contribution in [-0.2, 0) is 4.79 Å². The lowest BCUT2D eigenvalue weighted by molar-refractivity contribution is -0.113. The minimum Gasteiger partial charge on any atom is -0.414 e. The van der Waals surface area contributed by atoms with Crippen molar-refractivity contribution in [3.8, 4) is 0 Å². The lowest BCUT2D eigenvalue weighted by Crippen LogP contribution is -2.15. The average Bonchev–Trinajstić information content (AvgIpc) is 2.98. The number of carbonyl (C=O) groups is 1. The molecule has 1 heterocycles. The van der Waals surface area contributed by atoms with Gasteiger partial charge < -0.3 is 15.5 Å². The molecule has 0 unspecified atom stereocenters. The van der Waals surface area contributed by atoms with Crippen LogP contribution in [0.25, 0.3) is 0 Å². The Balaban J connectivity index is 1.88. The summed E-state index contributed by atoms with van der Waals surface area (Å²) in [4.78, 5) is 12.1. The Hall–Kier alpha value is -1.86. The molecule has 3 N–H and O–H groups in total. The molecule has 1 aromatic carbocycles. The van der Waals surface area contributed by atoms with Gasteiger partial charge in [-0.05, 0) is 43.4 Å². The normalized spacial score (nSPS) is 12.4. The molecule has 24 heavy (non-hydrogen) atoms. The number of nitrogens with two attached hydrogens (primary N) is 1. The third-order valence-corrected chi connectivity index (χ3v) is 4.49. The zero-order valence-corrected chi connectivity index (χ0v) is 15.3. The van der Waals surface area contributed by atoms with Crippen molar-refractivity contribution < 1.29 is 9.21 Å². The molecule has 0 saturated carbocycles. The maximum absolute atomic E-state index is 12.1. The molecular weight excluding hydrogens is 324 g/mol. The lowest BCUT2D eigenvalue weighted by atomic mass is 10.1. The van der Waals surface area contributed by atoms with Crippen LogP contribution in [0.15, 0.2) is 27.8 Å². The summed E-state index contributed by atoms with van der Waals surface area (Å²) in [6, 6.07) is 5.56. The van der Waals surface area contributed by atoms with Crippen molar-refractivity contribution in [3.63, 3.8) is 0 Å². The minimum absolute atomic E-state index is 0.111. The van der Waals surface area contributed by atoms with E-state index in [0.717, 1.165) is 23.2 Å². The van der Waals surface area contributed by atoms with Crippen LogP contribution in [0.5, 0.6) is 0 Å². The molecule has 7 heteroatoms. The molecule has 1 aromatic heterocycles. The number of hydrogen-bond donors (Lipinski definition) is 2. The first-order valence-electron chi connectivity index (χ1n) is 7.94. The topological polar surface area (TPSA) is 94.0 Å². The first-order valence-corrected chi connectivity index (χ1v) is 8.93. The van der Waals surface area contributed by atoms with E-state index in [1.165, 1.54) is 11.8 Å². The predicted molar refractivity (Wildman–Crippen MR) is 96.0 cm³/mol. The summed E-state index contributed by atoms with van der Waals surface area (Å²) in [5.41, 5.74) is 9.04. The molecule has 0 radical (unpaired) electrons. The number of rotatable bonds is 7. The highest BCUT2D eigenvalue weighted by Crippen LogP contribution is 2.23. The number of aromatic nitrogens is 2. The molecule has 0 fully saturated rings. The fourth-order valence-electron chi connectivity index (χ4n) is 2.24. The highest BCUT2D eigenvalue weighted by Gasteiger charge is 2.17. The molecule has 2 aromatic rings. The van der Waals surface area contributed by atoms with E-state index in [1.54, 1.807) is 0 Å². The molecule has 0 aliphatic heterocycles. The minimum atomic E-state index is -0.268. The third-order valence-electron chi connectivity index (χ3n) is 3.67. The van der Waals surface area contributed by atoms with Gasteiger partial charge in [0.05, 0.1) is 11.8 Å². The Morgan fingerprint density at radius 1 is 1.33 bits per heavy atom. The number of nitrogens with zero attached hydrogens (tertiary/aromatic N) is 2. The number of hydrogen-bond acceptors (Lipinski definition) is 6. The van der Waals surface area contributed by atoms with Crippen molar-refractivity contribution >= 4 is 23.4 Å². The van der Waals surface area contributed by atoms with Crippen LogP contribution in [0.2, 0.25) is 0 Å². The second-order valence-corrected chi connectivity index (χ2v) is 7.15. The van der Waals surface area contributed by atoms with Crippen molar-refractivity contribution in [2.24, 2.45) is 11.7 Å². The van der Waals surface area contributed by atoms with E-state index in [4.69, 9.17) is 10.2 Å². The van der Waals surface area contributed by atoms with Crippen molar-refractivity contribution in [1.82, 2.24) is 10.2 Å².